The number of carbonyl (C=O) groups is 1. The molecule has 15 heavy (non-hydrogen) atoms. The number of aromatic hydroxyl groups is 2. The van der Waals surface area contributed by atoms with Gasteiger partial charge in [-0.3, -0.25) is 0 Å². The van der Waals surface area contributed by atoms with Crippen LogP contribution < -0.4 is 4.74 Å². The number of ether oxygens (including phenoxy) is 2. The van der Waals surface area contributed by atoms with Crippen LogP contribution in [-0.2, 0) is 4.74 Å². The maximum Gasteiger partial charge on any atom is 0.341 e. The summed E-state index contributed by atoms with van der Waals surface area (Å²) in [6.45, 7) is 2.16. The molecule has 5 heteroatoms. The van der Waals surface area contributed by atoms with Gasteiger partial charge in [0, 0.05) is 6.07 Å². The fourth-order valence-corrected chi connectivity index (χ4v) is 1.11. The van der Waals surface area contributed by atoms with Crippen molar-refractivity contribution < 1.29 is 24.5 Å². The van der Waals surface area contributed by atoms with Crippen molar-refractivity contribution in [2.45, 2.75) is 6.92 Å². The molecule has 82 valence electrons. The largest absolute Gasteiger partial charge is 0.504 e. The van der Waals surface area contributed by atoms with Crippen molar-refractivity contribution in [1.29, 1.82) is 0 Å². The molecular formula is C10H12O5. The van der Waals surface area contributed by atoms with E-state index >= 15 is 0 Å². The Morgan fingerprint density at radius 3 is 2.60 bits per heavy atom. The highest BCUT2D eigenvalue weighted by Crippen LogP contribution is 2.33. The summed E-state index contributed by atoms with van der Waals surface area (Å²) in [7, 11) is 1.19. The van der Waals surface area contributed by atoms with Crippen LogP contribution in [0, 0.1) is 0 Å². The Bertz CT molecular complexity index is 372. The summed E-state index contributed by atoms with van der Waals surface area (Å²) in [4.78, 5) is 11.2. The Balaban J connectivity index is 3.18. The number of rotatable bonds is 3. The minimum absolute atomic E-state index is 0.124. The lowest BCUT2D eigenvalue weighted by atomic mass is 10.1. The maximum absolute atomic E-state index is 11.2. The molecule has 0 amide bonds. The van der Waals surface area contributed by atoms with Crippen molar-refractivity contribution in [3.63, 3.8) is 0 Å². The first kappa shape index (κ1) is 11.2. The second-order valence-electron chi connectivity index (χ2n) is 2.76. The summed E-state index contributed by atoms with van der Waals surface area (Å²) in [6, 6.07) is 2.54. The van der Waals surface area contributed by atoms with Gasteiger partial charge in [0.1, 0.15) is 11.3 Å². The lowest BCUT2D eigenvalue weighted by Crippen LogP contribution is -2.02. The standard InChI is InChI=1S/C10H12O5/c1-3-15-6-4-7(10(13)14-2)9(12)8(11)5-6/h4-5,11-12H,3H2,1-2H3. The van der Waals surface area contributed by atoms with Crippen LogP contribution in [0.5, 0.6) is 17.2 Å². The lowest BCUT2D eigenvalue weighted by molar-refractivity contribution is 0.0596. The molecule has 0 fully saturated rings. The molecule has 0 aliphatic rings. The van der Waals surface area contributed by atoms with Crippen molar-refractivity contribution in [3.8, 4) is 17.2 Å². The molecule has 0 aliphatic heterocycles. The third-order valence-corrected chi connectivity index (χ3v) is 1.78. The fourth-order valence-electron chi connectivity index (χ4n) is 1.11. The number of hydrogen-bond donors (Lipinski definition) is 2. The van der Waals surface area contributed by atoms with Gasteiger partial charge in [0.05, 0.1) is 13.7 Å². The summed E-state index contributed by atoms with van der Waals surface area (Å²) in [6.07, 6.45) is 0. The normalized spacial score (nSPS) is 9.73. The highest BCUT2D eigenvalue weighted by atomic mass is 16.5. The van der Waals surface area contributed by atoms with Crippen LogP contribution in [0.3, 0.4) is 0 Å². The van der Waals surface area contributed by atoms with Crippen LogP contribution >= 0.6 is 0 Å². The molecule has 0 spiro atoms. The summed E-state index contributed by atoms with van der Waals surface area (Å²) in [5.74, 6) is -1.36. The smallest absolute Gasteiger partial charge is 0.341 e. The highest BCUT2D eigenvalue weighted by molar-refractivity contribution is 5.93. The molecule has 0 heterocycles. The van der Waals surface area contributed by atoms with E-state index in [-0.39, 0.29) is 5.56 Å². The predicted molar refractivity (Wildman–Crippen MR) is 52.3 cm³/mol. The quantitative estimate of drug-likeness (QED) is 0.583. The van der Waals surface area contributed by atoms with E-state index < -0.39 is 17.5 Å². The van der Waals surface area contributed by atoms with Gasteiger partial charge in [-0.1, -0.05) is 0 Å². The minimum atomic E-state index is -0.732. The minimum Gasteiger partial charge on any atom is -0.504 e. The van der Waals surface area contributed by atoms with E-state index in [0.29, 0.717) is 12.4 Å². The lowest BCUT2D eigenvalue weighted by Gasteiger charge is -2.08. The van der Waals surface area contributed by atoms with E-state index in [9.17, 15) is 15.0 Å². The van der Waals surface area contributed by atoms with Gasteiger partial charge in [-0.15, -0.1) is 0 Å². The van der Waals surface area contributed by atoms with Gasteiger partial charge in [-0.25, -0.2) is 4.79 Å². The van der Waals surface area contributed by atoms with E-state index in [0.717, 1.165) is 0 Å². The molecule has 0 unspecified atom stereocenters. The first-order valence-electron chi connectivity index (χ1n) is 4.37. The molecule has 5 nitrogen and oxygen atoms in total. The molecule has 0 saturated heterocycles. The molecule has 0 bridgehead atoms. The van der Waals surface area contributed by atoms with Gasteiger partial charge in [-0.05, 0) is 13.0 Å². The molecule has 1 aromatic rings. The van der Waals surface area contributed by atoms with Crippen molar-refractivity contribution in [2.75, 3.05) is 13.7 Å². The zero-order chi connectivity index (χ0) is 11.4. The van der Waals surface area contributed by atoms with Crippen LogP contribution in [0.2, 0.25) is 0 Å². The van der Waals surface area contributed by atoms with Crippen molar-refractivity contribution in [2.24, 2.45) is 0 Å². The molecule has 0 radical (unpaired) electrons. The second kappa shape index (κ2) is 4.54. The van der Waals surface area contributed by atoms with Crippen molar-refractivity contribution in [3.05, 3.63) is 17.7 Å². The topological polar surface area (TPSA) is 76.0 Å². The number of hydrogen-bond acceptors (Lipinski definition) is 5. The number of methoxy groups -OCH3 is 1. The zero-order valence-corrected chi connectivity index (χ0v) is 8.48. The van der Waals surface area contributed by atoms with Gasteiger partial charge >= 0.3 is 5.97 Å². The monoisotopic (exact) mass is 212 g/mol. The molecule has 1 rings (SSSR count). The van der Waals surface area contributed by atoms with Crippen LogP contribution in [0.1, 0.15) is 17.3 Å². The van der Waals surface area contributed by atoms with Crippen LogP contribution in [-0.4, -0.2) is 29.9 Å². The molecule has 0 saturated carbocycles. The van der Waals surface area contributed by atoms with Crippen molar-refractivity contribution >= 4 is 5.97 Å². The van der Waals surface area contributed by atoms with E-state index in [1.807, 2.05) is 0 Å². The Hall–Kier alpha value is -1.91. The van der Waals surface area contributed by atoms with Crippen LogP contribution in [0.25, 0.3) is 0 Å². The molecule has 0 aliphatic carbocycles. The van der Waals surface area contributed by atoms with Gasteiger partial charge < -0.3 is 19.7 Å². The molecule has 2 N–H and O–H groups in total. The van der Waals surface area contributed by atoms with E-state index in [1.165, 1.54) is 19.2 Å². The first-order chi connectivity index (χ1) is 7.10. The first-order valence-corrected chi connectivity index (χ1v) is 4.37. The Kier molecular flexibility index (Phi) is 3.38. The van der Waals surface area contributed by atoms with E-state index in [2.05, 4.69) is 4.74 Å². The molecule has 0 aromatic heterocycles. The summed E-state index contributed by atoms with van der Waals surface area (Å²) in [5.41, 5.74) is -0.124. The predicted octanol–water partition coefficient (Wildman–Crippen LogP) is 1.28. The maximum atomic E-state index is 11.2. The average molecular weight is 212 g/mol. The fraction of sp³-hybridized carbons (Fsp3) is 0.300. The second-order valence-corrected chi connectivity index (χ2v) is 2.76. The third-order valence-electron chi connectivity index (χ3n) is 1.78. The van der Waals surface area contributed by atoms with Crippen LogP contribution in [0.4, 0.5) is 0 Å². The molecule has 1 aromatic carbocycles. The number of phenolic OH excluding ortho intramolecular Hbond substituents is 2. The summed E-state index contributed by atoms with van der Waals surface area (Å²) in [5, 5.41) is 18.7. The third kappa shape index (κ3) is 2.31. The van der Waals surface area contributed by atoms with Gasteiger partial charge in [-0.2, -0.15) is 0 Å². The number of benzene rings is 1. The highest BCUT2D eigenvalue weighted by Gasteiger charge is 2.16. The Labute approximate surface area is 86.9 Å². The van der Waals surface area contributed by atoms with Crippen molar-refractivity contribution in [1.82, 2.24) is 0 Å². The SMILES string of the molecule is CCOc1cc(O)c(O)c(C(=O)OC)c1. The van der Waals surface area contributed by atoms with Gasteiger partial charge in [0.15, 0.2) is 11.5 Å². The zero-order valence-electron chi connectivity index (χ0n) is 8.48. The summed E-state index contributed by atoms with van der Waals surface area (Å²) < 4.78 is 9.54. The van der Waals surface area contributed by atoms with E-state index in [1.54, 1.807) is 6.92 Å². The Morgan fingerprint density at radius 1 is 1.40 bits per heavy atom. The average Bonchev–Trinajstić information content (AvgIpc) is 2.22. The number of phenols is 2. The van der Waals surface area contributed by atoms with Gasteiger partial charge in [0.2, 0.25) is 0 Å². The van der Waals surface area contributed by atoms with Gasteiger partial charge in [0.25, 0.3) is 0 Å². The molecular weight excluding hydrogens is 200 g/mol. The summed E-state index contributed by atoms with van der Waals surface area (Å²) >= 11 is 0. The Morgan fingerprint density at radius 2 is 2.07 bits per heavy atom. The van der Waals surface area contributed by atoms with E-state index in [4.69, 9.17) is 4.74 Å². The number of esters is 1. The number of carbonyl (C=O) groups excluding carboxylic acids is 1. The van der Waals surface area contributed by atoms with Crippen LogP contribution in [0.15, 0.2) is 12.1 Å². The molecule has 0 atom stereocenters.